The molecule has 6 nitrogen and oxygen atoms in total. The first-order chi connectivity index (χ1) is 17.4. The van der Waals surface area contributed by atoms with Crippen LogP contribution in [0.1, 0.15) is 29.2 Å². The Morgan fingerprint density at radius 2 is 1.58 bits per heavy atom. The highest BCUT2D eigenvalue weighted by Crippen LogP contribution is 2.31. The second-order valence-corrected chi connectivity index (χ2v) is 11.0. The number of sulfone groups is 1. The predicted octanol–water partition coefficient (Wildman–Crippen LogP) is 4.80. The van der Waals surface area contributed by atoms with E-state index < -0.39 is 15.9 Å². The summed E-state index contributed by atoms with van der Waals surface area (Å²) in [5, 5.41) is 13.1. The number of aromatic nitrogens is 1. The Morgan fingerprint density at radius 3 is 2.25 bits per heavy atom. The van der Waals surface area contributed by atoms with Crippen LogP contribution in [0.25, 0.3) is 22.2 Å². The fraction of sp³-hybridized carbons (Fsp3) is 0.207. The van der Waals surface area contributed by atoms with Crippen molar-refractivity contribution in [2.45, 2.75) is 25.3 Å². The zero-order valence-corrected chi connectivity index (χ0v) is 20.8. The Balaban J connectivity index is 1.79. The SMILES string of the molecule is CS(=O)(=O)CCc1c(-c2ccccc2)nc2ccccc2c1CC(=O)N[C@@H](CC#N)c1ccccc1. The van der Waals surface area contributed by atoms with Crippen LogP contribution in [0.4, 0.5) is 0 Å². The lowest BCUT2D eigenvalue weighted by molar-refractivity contribution is -0.121. The van der Waals surface area contributed by atoms with Crippen molar-refractivity contribution in [1.82, 2.24) is 10.3 Å². The molecule has 0 radical (unpaired) electrons. The number of benzene rings is 3. The number of carbonyl (C=O) groups excluding carboxylic acids is 1. The van der Waals surface area contributed by atoms with Gasteiger partial charge in [0, 0.05) is 17.2 Å². The molecule has 7 heteroatoms. The number of para-hydroxylation sites is 1. The van der Waals surface area contributed by atoms with Crippen molar-refractivity contribution in [1.29, 1.82) is 5.26 Å². The maximum absolute atomic E-state index is 13.4. The van der Waals surface area contributed by atoms with E-state index in [0.29, 0.717) is 5.69 Å². The maximum atomic E-state index is 13.4. The monoisotopic (exact) mass is 497 g/mol. The molecule has 0 aliphatic heterocycles. The van der Waals surface area contributed by atoms with Crippen molar-refractivity contribution in [2.24, 2.45) is 0 Å². The number of nitriles is 1. The summed E-state index contributed by atoms with van der Waals surface area (Å²) in [5.74, 6) is -0.294. The Labute approximate surface area is 211 Å². The largest absolute Gasteiger partial charge is 0.348 e. The number of pyridine rings is 1. The molecule has 1 heterocycles. The van der Waals surface area contributed by atoms with Gasteiger partial charge in [-0.05, 0) is 29.2 Å². The van der Waals surface area contributed by atoms with Crippen LogP contribution in [-0.2, 0) is 27.5 Å². The van der Waals surface area contributed by atoms with E-state index in [9.17, 15) is 18.5 Å². The number of hydrogen-bond donors (Lipinski definition) is 1. The average Bonchev–Trinajstić information content (AvgIpc) is 2.88. The number of nitrogens with one attached hydrogen (secondary N) is 1. The first-order valence-corrected chi connectivity index (χ1v) is 13.8. The molecule has 0 bridgehead atoms. The molecule has 0 aliphatic rings. The summed E-state index contributed by atoms with van der Waals surface area (Å²) < 4.78 is 24.2. The average molecular weight is 498 g/mol. The van der Waals surface area contributed by atoms with E-state index >= 15 is 0 Å². The molecule has 0 fully saturated rings. The first-order valence-electron chi connectivity index (χ1n) is 11.7. The van der Waals surface area contributed by atoms with E-state index in [1.54, 1.807) is 0 Å². The second kappa shape index (κ2) is 11.1. The maximum Gasteiger partial charge on any atom is 0.224 e. The Kier molecular flexibility index (Phi) is 7.77. The van der Waals surface area contributed by atoms with Crippen LogP contribution in [0, 0.1) is 11.3 Å². The summed E-state index contributed by atoms with van der Waals surface area (Å²) in [7, 11) is -3.25. The van der Waals surface area contributed by atoms with Gasteiger partial charge in [-0.15, -0.1) is 0 Å². The lowest BCUT2D eigenvalue weighted by Crippen LogP contribution is -2.30. The lowest BCUT2D eigenvalue weighted by atomic mass is 9.92. The Bertz CT molecular complexity index is 1510. The molecule has 182 valence electrons. The third-order valence-corrected chi connectivity index (χ3v) is 7.00. The number of nitrogens with zero attached hydrogens (tertiary/aromatic N) is 2. The summed E-state index contributed by atoms with van der Waals surface area (Å²) in [6, 6.07) is 28.3. The molecule has 1 N–H and O–H groups in total. The third-order valence-electron chi connectivity index (χ3n) is 6.05. The fourth-order valence-electron chi connectivity index (χ4n) is 4.35. The van der Waals surface area contributed by atoms with Gasteiger partial charge in [0.2, 0.25) is 5.91 Å². The number of amides is 1. The summed E-state index contributed by atoms with van der Waals surface area (Å²) >= 11 is 0. The molecule has 1 amide bonds. The summed E-state index contributed by atoms with van der Waals surface area (Å²) in [6.45, 7) is 0. The van der Waals surface area contributed by atoms with Crippen LogP contribution in [0.3, 0.4) is 0 Å². The zero-order chi connectivity index (χ0) is 25.5. The predicted molar refractivity (Wildman–Crippen MR) is 142 cm³/mol. The van der Waals surface area contributed by atoms with Gasteiger partial charge in [-0.25, -0.2) is 13.4 Å². The Hall–Kier alpha value is -4.02. The third kappa shape index (κ3) is 6.15. The van der Waals surface area contributed by atoms with Crippen molar-refractivity contribution in [2.75, 3.05) is 12.0 Å². The molecule has 1 atom stereocenters. The molecule has 4 rings (SSSR count). The van der Waals surface area contributed by atoms with Crippen LogP contribution >= 0.6 is 0 Å². The highest BCUT2D eigenvalue weighted by Gasteiger charge is 2.21. The molecule has 0 aliphatic carbocycles. The normalized spacial score (nSPS) is 12.1. The van der Waals surface area contributed by atoms with E-state index in [1.807, 2.05) is 84.9 Å². The summed E-state index contributed by atoms with van der Waals surface area (Å²) in [4.78, 5) is 18.2. The number of fused-ring (bicyclic) bond motifs is 1. The molecular weight excluding hydrogens is 470 g/mol. The van der Waals surface area contributed by atoms with Crippen LogP contribution in [0.5, 0.6) is 0 Å². The van der Waals surface area contributed by atoms with E-state index in [0.717, 1.165) is 33.2 Å². The molecular formula is C29H27N3O3S. The van der Waals surface area contributed by atoms with Crippen molar-refractivity contribution in [3.8, 4) is 17.3 Å². The van der Waals surface area contributed by atoms with Gasteiger partial charge in [0.25, 0.3) is 0 Å². The van der Waals surface area contributed by atoms with Crippen LogP contribution in [0.2, 0.25) is 0 Å². The minimum atomic E-state index is -3.25. The number of hydrogen-bond acceptors (Lipinski definition) is 5. The number of rotatable bonds is 9. The van der Waals surface area contributed by atoms with E-state index in [2.05, 4.69) is 11.4 Å². The van der Waals surface area contributed by atoms with Gasteiger partial charge >= 0.3 is 0 Å². The summed E-state index contributed by atoms with van der Waals surface area (Å²) in [6.07, 6.45) is 1.63. The van der Waals surface area contributed by atoms with E-state index in [-0.39, 0.29) is 30.9 Å². The van der Waals surface area contributed by atoms with Gasteiger partial charge < -0.3 is 5.32 Å². The van der Waals surface area contributed by atoms with Gasteiger partial charge in [0.1, 0.15) is 9.84 Å². The smallest absolute Gasteiger partial charge is 0.224 e. The molecule has 4 aromatic rings. The molecule has 0 saturated heterocycles. The second-order valence-electron chi connectivity index (χ2n) is 8.75. The highest BCUT2D eigenvalue weighted by atomic mass is 32.2. The van der Waals surface area contributed by atoms with Gasteiger partial charge in [0.15, 0.2) is 0 Å². The lowest BCUT2D eigenvalue weighted by Gasteiger charge is -2.20. The fourth-order valence-corrected chi connectivity index (χ4v) is 4.92. The molecule has 1 aromatic heterocycles. The van der Waals surface area contributed by atoms with Gasteiger partial charge in [-0.3, -0.25) is 4.79 Å². The van der Waals surface area contributed by atoms with Crippen molar-refractivity contribution < 1.29 is 13.2 Å². The summed E-state index contributed by atoms with van der Waals surface area (Å²) in [5.41, 5.74) is 4.63. The quantitative estimate of drug-likeness (QED) is 0.358. The van der Waals surface area contributed by atoms with Crippen LogP contribution in [0.15, 0.2) is 84.9 Å². The molecule has 3 aromatic carbocycles. The van der Waals surface area contributed by atoms with E-state index in [4.69, 9.17) is 4.98 Å². The molecule has 36 heavy (non-hydrogen) atoms. The molecule has 0 unspecified atom stereocenters. The minimum absolute atomic E-state index is 0.0384. The van der Waals surface area contributed by atoms with Crippen molar-refractivity contribution in [3.05, 3.63) is 102 Å². The van der Waals surface area contributed by atoms with Gasteiger partial charge in [-0.1, -0.05) is 78.9 Å². The molecule has 0 saturated carbocycles. The van der Waals surface area contributed by atoms with Gasteiger partial charge in [0.05, 0.1) is 41.9 Å². The number of carbonyl (C=O) groups is 1. The van der Waals surface area contributed by atoms with Gasteiger partial charge in [-0.2, -0.15) is 5.26 Å². The van der Waals surface area contributed by atoms with E-state index in [1.165, 1.54) is 6.26 Å². The van der Waals surface area contributed by atoms with Crippen molar-refractivity contribution >= 4 is 26.6 Å². The standard InChI is InChI=1S/C29H27N3O3S/c1-36(34,35)19-17-24-25(20-28(33)31-26(16-18-30)21-10-4-2-5-11-21)23-14-8-9-15-27(23)32-29(24)22-12-6-3-7-13-22/h2-15,26H,16-17,19-20H2,1H3,(H,31,33)/t26-/m0/s1. The highest BCUT2D eigenvalue weighted by molar-refractivity contribution is 7.90. The van der Waals surface area contributed by atoms with Crippen LogP contribution in [-0.4, -0.2) is 31.3 Å². The minimum Gasteiger partial charge on any atom is -0.348 e. The van der Waals surface area contributed by atoms with Crippen LogP contribution < -0.4 is 5.32 Å². The topological polar surface area (TPSA) is 99.9 Å². The Morgan fingerprint density at radius 1 is 0.944 bits per heavy atom. The zero-order valence-electron chi connectivity index (χ0n) is 20.0. The molecule has 0 spiro atoms. The first kappa shape index (κ1) is 25.1. The van der Waals surface area contributed by atoms with Crippen molar-refractivity contribution in [3.63, 3.8) is 0 Å².